The molecular weight excluding hydrogens is 504 g/mol. The standard InChI is InChI=1S/C29H32N2O6S/c1-8-36-28(33)25-18(5)30-29-31(26(25)20-10-12-22(37-16(2)3)23(14-20)35-7)27(32)24(38-29)15-19-9-11-21(34-6)13-17(19)4/h9-16,26H,8H2,1-7H3. The van der Waals surface area contributed by atoms with Crippen LogP contribution in [0.2, 0.25) is 0 Å². The minimum atomic E-state index is -0.744. The van der Waals surface area contributed by atoms with Crippen molar-refractivity contribution in [2.45, 2.75) is 46.8 Å². The summed E-state index contributed by atoms with van der Waals surface area (Å²) in [5.74, 6) is 1.31. The lowest BCUT2D eigenvalue weighted by atomic mass is 9.95. The Kier molecular flexibility index (Phi) is 8.06. The molecule has 1 aliphatic heterocycles. The van der Waals surface area contributed by atoms with E-state index in [0.29, 0.717) is 37.7 Å². The van der Waals surface area contributed by atoms with Crippen LogP contribution in [0.4, 0.5) is 0 Å². The normalized spacial score (nSPS) is 15.3. The van der Waals surface area contributed by atoms with Gasteiger partial charge in [-0.3, -0.25) is 9.36 Å². The van der Waals surface area contributed by atoms with Gasteiger partial charge >= 0.3 is 5.97 Å². The molecule has 0 spiro atoms. The van der Waals surface area contributed by atoms with Crippen molar-refractivity contribution in [2.24, 2.45) is 4.99 Å². The van der Waals surface area contributed by atoms with E-state index in [-0.39, 0.29) is 18.3 Å². The van der Waals surface area contributed by atoms with E-state index in [1.54, 1.807) is 44.8 Å². The highest BCUT2D eigenvalue weighted by molar-refractivity contribution is 7.07. The summed E-state index contributed by atoms with van der Waals surface area (Å²) in [6.45, 7) is 9.54. The van der Waals surface area contributed by atoms with Crippen molar-refractivity contribution in [1.29, 1.82) is 0 Å². The maximum atomic E-state index is 13.9. The average Bonchev–Trinajstić information content (AvgIpc) is 3.18. The summed E-state index contributed by atoms with van der Waals surface area (Å²) in [4.78, 5) is 32.2. The second-order valence-corrected chi connectivity index (χ2v) is 10.1. The van der Waals surface area contributed by atoms with Crippen LogP contribution >= 0.6 is 11.3 Å². The van der Waals surface area contributed by atoms with Crippen molar-refractivity contribution in [2.75, 3.05) is 20.8 Å². The van der Waals surface area contributed by atoms with Gasteiger partial charge in [0.2, 0.25) is 0 Å². The number of fused-ring (bicyclic) bond motifs is 1. The maximum Gasteiger partial charge on any atom is 0.338 e. The van der Waals surface area contributed by atoms with E-state index in [1.165, 1.54) is 11.3 Å². The molecule has 2 heterocycles. The Morgan fingerprint density at radius 3 is 2.50 bits per heavy atom. The van der Waals surface area contributed by atoms with Gasteiger partial charge in [-0.25, -0.2) is 9.79 Å². The van der Waals surface area contributed by atoms with E-state index in [1.807, 2.05) is 51.1 Å². The van der Waals surface area contributed by atoms with E-state index < -0.39 is 12.0 Å². The van der Waals surface area contributed by atoms with Crippen LogP contribution in [0.15, 0.2) is 57.5 Å². The fourth-order valence-corrected chi connectivity index (χ4v) is 5.43. The first-order chi connectivity index (χ1) is 18.2. The number of rotatable bonds is 8. The Balaban J connectivity index is 1.94. The van der Waals surface area contributed by atoms with E-state index in [4.69, 9.17) is 18.9 Å². The molecule has 9 heteroatoms. The highest BCUT2D eigenvalue weighted by Crippen LogP contribution is 2.36. The van der Waals surface area contributed by atoms with Gasteiger partial charge in [0.25, 0.3) is 5.56 Å². The smallest absolute Gasteiger partial charge is 0.338 e. The predicted octanol–water partition coefficient (Wildman–Crippen LogP) is 3.91. The molecule has 0 bridgehead atoms. The van der Waals surface area contributed by atoms with Crippen molar-refractivity contribution in [3.05, 3.63) is 84.0 Å². The van der Waals surface area contributed by atoms with Gasteiger partial charge in [-0.1, -0.05) is 23.5 Å². The number of hydrogen-bond donors (Lipinski definition) is 0. The molecule has 38 heavy (non-hydrogen) atoms. The fourth-order valence-electron chi connectivity index (χ4n) is 4.39. The number of esters is 1. The van der Waals surface area contributed by atoms with Gasteiger partial charge in [0.05, 0.1) is 48.8 Å². The number of carbonyl (C=O) groups excluding carboxylic acids is 1. The number of allylic oxidation sites excluding steroid dienone is 1. The van der Waals surface area contributed by atoms with Gasteiger partial charge in [-0.05, 0) is 81.7 Å². The molecular formula is C29H32N2O6S. The number of carbonyl (C=O) groups is 1. The average molecular weight is 537 g/mol. The molecule has 3 aromatic rings. The van der Waals surface area contributed by atoms with Gasteiger partial charge in [0.1, 0.15) is 5.75 Å². The summed E-state index contributed by atoms with van der Waals surface area (Å²) in [5, 5.41) is 0. The monoisotopic (exact) mass is 536 g/mol. The van der Waals surface area contributed by atoms with Crippen LogP contribution in [0, 0.1) is 6.92 Å². The maximum absolute atomic E-state index is 13.9. The Labute approximate surface area is 225 Å². The SMILES string of the molecule is CCOC(=O)C1=C(C)N=c2sc(=Cc3ccc(OC)cc3C)c(=O)n2C1c1ccc(OC(C)C)c(OC)c1. The molecule has 4 rings (SSSR count). The lowest BCUT2D eigenvalue weighted by Gasteiger charge is -2.25. The van der Waals surface area contributed by atoms with Crippen LogP contribution in [0.3, 0.4) is 0 Å². The molecule has 0 amide bonds. The molecule has 1 atom stereocenters. The lowest BCUT2D eigenvalue weighted by molar-refractivity contribution is -0.139. The van der Waals surface area contributed by atoms with E-state index in [2.05, 4.69) is 4.99 Å². The largest absolute Gasteiger partial charge is 0.497 e. The minimum absolute atomic E-state index is 0.0499. The molecule has 0 saturated heterocycles. The number of methoxy groups -OCH3 is 2. The first-order valence-corrected chi connectivity index (χ1v) is 13.2. The Hall–Kier alpha value is -3.85. The zero-order valence-electron chi connectivity index (χ0n) is 22.7. The number of nitrogens with zero attached hydrogens (tertiary/aromatic N) is 2. The molecule has 0 aliphatic carbocycles. The van der Waals surface area contributed by atoms with Crippen molar-refractivity contribution in [3.8, 4) is 17.2 Å². The van der Waals surface area contributed by atoms with E-state index >= 15 is 0 Å². The topological polar surface area (TPSA) is 88.4 Å². The summed E-state index contributed by atoms with van der Waals surface area (Å²) in [6.07, 6.45) is 1.80. The fraction of sp³-hybridized carbons (Fsp3) is 0.345. The van der Waals surface area contributed by atoms with Crippen molar-refractivity contribution in [3.63, 3.8) is 0 Å². The van der Waals surface area contributed by atoms with Crippen molar-refractivity contribution >= 4 is 23.4 Å². The first kappa shape index (κ1) is 27.2. The van der Waals surface area contributed by atoms with Crippen LogP contribution < -0.4 is 29.1 Å². The highest BCUT2D eigenvalue weighted by Gasteiger charge is 2.34. The number of hydrogen-bond acceptors (Lipinski definition) is 8. The van der Waals surface area contributed by atoms with Gasteiger partial charge < -0.3 is 18.9 Å². The Bertz CT molecular complexity index is 1580. The molecule has 2 aromatic carbocycles. The molecule has 8 nitrogen and oxygen atoms in total. The zero-order chi connectivity index (χ0) is 27.6. The highest BCUT2D eigenvalue weighted by atomic mass is 32.1. The van der Waals surface area contributed by atoms with Crippen LogP contribution in [-0.4, -0.2) is 37.5 Å². The molecule has 0 radical (unpaired) electrons. The third-order valence-electron chi connectivity index (χ3n) is 6.15. The zero-order valence-corrected chi connectivity index (χ0v) is 23.5. The second kappa shape index (κ2) is 11.3. The number of ether oxygens (including phenoxy) is 4. The lowest BCUT2D eigenvalue weighted by Crippen LogP contribution is -2.40. The summed E-state index contributed by atoms with van der Waals surface area (Å²) in [5.41, 5.74) is 3.12. The predicted molar refractivity (Wildman–Crippen MR) is 147 cm³/mol. The molecule has 1 unspecified atom stereocenters. The molecule has 0 saturated carbocycles. The number of aromatic nitrogens is 1. The molecule has 0 N–H and O–H groups in total. The number of benzene rings is 2. The molecule has 1 aliphatic rings. The van der Waals surface area contributed by atoms with Crippen LogP contribution in [-0.2, 0) is 9.53 Å². The minimum Gasteiger partial charge on any atom is -0.497 e. The van der Waals surface area contributed by atoms with Crippen molar-refractivity contribution < 1.29 is 23.7 Å². The van der Waals surface area contributed by atoms with Gasteiger partial charge in [0, 0.05) is 0 Å². The molecule has 0 fully saturated rings. The number of thiazole rings is 1. The quantitative estimate of drug-likeness (QED) is 0.406. The van der Waals surface area contributed by atoms with Gasteiger partial charge in [-0.15, -0.1) is 0 Å². The summed E-state index contributed by atoms with van der Waals surface area (Å²) in [7, 11) is 3.18. The number of aryl methyl sites for hydroxylation is 1. The van der Waals surface area contributed by atoms with E-state index in [0.717, 1.165) is 16.9 Å². The van der Waals surface area contributed by atoms with Crippen LogP contribution in [0.5, 0.6) is 17.2 Å². The third kappa shape index (κ3) is 5.24. The molecule has 1 aromatic heterocycles. The summed E-state index contributed by atoms with van der Waals surface area (Å²) < 4.78 is 24.2. The Morgan fingerprint density at radius 2 is 1.87 bits per heavy atom. The van der Waals surface area contributed by atoms with Crippen LogP contribution in [0.25, 0.3) is 6.08 Å². The first-order valence-electron chi connectivity index (χ1n) is 12.4. The Morgan fingerprint density at radius 1 is 1.11 bits per heavy atom. The van der Waals surface area contributed by atoms with Gasteiger partial charge in [0.15, 0.2) is 16.3 Å². The molecule has 200 valence electrons. The third-order valence-corrected chi connectivity index (χ3v) is 7.13. The summed E-state index contributed by atoms with van der Waals surface area (Å²) >= 11 is 1.28. The van der Waals surface area contributed by atoms with Gasteiger partial charge in [-0.2, -0.15) is 0 Å². The van der Waals surface area contributed by atoms with Crippen LogP contribution in [0.1, 0.15) is 50.4 Å². The van der Waals surface area contributed by atoms with Crippen molar-refractivity contribution in [1.82, 2.24) is 4.57 Å². The summed E-state index contributed by atoms with van der Waals surface area (Å²) in [6, 6.07) is 10.4. The van der Waals surface area contributed by atoms with E-state index in [9.17, 15) is 9.59 Å². The second-order valence-electron chi connectivity index (χ2n) is 9.10.